The molecule has 2 fully saturated rings. The van der Waals surface area contributed by atoms with Crippen LogP contribution in [0, 0.1) is 34.7 Å². The van der Waals surface area contributed by atoms with E-state index >= 15 is 0 Å². The quantitative estimate of drug-likeness (QED) is 0.407. The van der Waals surface area contributed by atoms with Crippen molar-refractivity contribution >= 4 is 9.52 Å². The van der Waals surface area contributed by atoms with Gasteiger partial charge in [0.2, 0.25) is 0 Å². The van der Waals surface area contributed by atoms with Gasteiger partial charge in [-0.25, -0.2) is 13.2 Å². The zero-order valence-electron chi connectivity index (χ0n) is 16.3. The Morgan fingerprint density at radius 3 is 2.08 bits per heavy atom. The highest BCUT2D eigenvalue weighted by molar-refractivity contribution is 6.35. The Kier molecular flexibility index (Phi) is 6.53. The average molecular weight is 383 g/mol. The minimum absolute atomic E-state index is 0.165. The summed E-state index contributed by atoms with van der Waals surface area (Å²) in [5.74, 6) is -1.99. The van der Waals surface area contributed by atoms with Gasteiger partial charge in [0.15, 0.2) is 17.5 Å². The van der Waals surface area contributed by atoms with Gasteiger partial charge in [0.05, 0.1) is 0 Å². The predicted octanol–water partition coefficient (Wildman–Crippen LogP) is 6.43. The summed E-state index contributed by atoms with van der Waals surface area (Å²) in [4.78, 5) is 0. The smallest absolute Gasteiger partial charge is 0.194 e. The van der Waals surface area contributed by atoms with Gasteiger partial charge in [-0.15, -0.1) is 0 Å². The molecular weight excluding hydrogens is 349 g/mol. The van der Waals surface area contributed by atoms with E-state index < -0.39 is 17.5 Å². The molecule has 0 saturated heterocycles. The van der Waals surface area contributed by atoms with Crippen molar-refractivity contribution in [2.75, 3.05) is 0 Å². The van der Waals surface area contributed by atoms with Gasteiger partial charge in [-0.3, -0.25) is 0 Å². The Labute approximate surface area is 158 Å². The summed E-state index contributed by atoms with van der Waals surface area (Å²) in [6.07, 6.45) is 12.4. The van der Waals surface area contributed by atoms with Crippen molar-refractivity contribution in [3.63, 3.8) is 0 Å². The minimum atomic E-state index is -1.36. The summed E-state index contributed by atoms with van der Waals surface area (Å²) in [6.45, 7) is 4.98. The van der Waals surface area contributed by atoms with Crippen molar-refractivity contribution < 1.29 is 13.2 Å². The molecule has 3 rings (SSSR count). The zero-order chi connectivity index (χ0) is 18.7. The minimum Gasteiger partial charge on any atom is -0.204 e. The lowest BCUT2D eigenvalue weighted by molar-refractivity contribution is 0.0721. The third kappa shape index (κ3) is 4.55. The van der Waals surface area contributed by atoms with Crippen LogP contribution in [-0.2, 0) is 6.42 Å². The van der Waals surface area contributed by atoms with E-state index in [1.807, 2.05) is 0 Å². The molecule has 26 heavy (non-hydrogen) atoms. The molecule has 0 aromatic heterocycles. The lowest BCUT2D eigenvalue weighted by atomic mass is 9.61. The summed E-state index contributed by atoms with van der Waals surface area (Å²) in [5.41, 5.74) is 2.21. The fraction of sp³-hybridized carbons (Fsp3) is 0.727. The fourth-order valence-corrected chi connectivity index (χ4v) is 6.65. The van der Waals surface area contributed by atoms with E-state index in [1.54, 1.807) is 0 Å². The van der Waals surface area contributed by atoms with E-state index in [4.69, 9.17) is 0 Å². The Bertz CT molecular complexity index is 576. The number of halogens is 3. The number of aryl methyl sites for hydroxylation is 1. The van der Waals surface area contributed by atoms with Crippen LogP contribution in [0.5, 0.6) is 0 Å². The lowest BCUT2D eigenvalue weighted by Crippen LogP contribution is -2.34. The molecule has 1 aromatic carbocycles. The first-order valence-electron chi connectivity index (χ1n) is 10.5. The van der Waals surface area contributed by atoms with Crippen molar-refractivity contribution in [2.24, 2.45) is 17.3 Å². The summed E-state index contributed by atoms with van der Waals surface area (Å²) in [6, 6.07) is 2.31. The first kappa shape index (κ1) is 20.0. The largest absolute Gasteiger partial charge is 0.204 e. The molecule has 0 amide bonds. The van der Waals surface area contributed by atoms with Crippen LogP contribution in [0.25, 0.3) is 0 Å². The van der Waals surface area contributed by atoms with Gasteiger partial charge >= 0.3 is 0 Å². The predicted molar refractivity (Wildman–Crippen MR) is 105 cm³/mol. The van der Waals surface area contributed by atoms with E-state index in [1.165, 1.54) is 51.4 Å². The first-order valence-corrected chi connectivity index (χ1v) is 12.8. The van der Waals surface area contributed by atoms with Gasteiger partial charge in [0.1, 0.15) is 0 Å². The Balaban J connectivity index is 1.47. The second-order valence-corrected chi connectivity index (χ2v) is 11.1. The highest BCUT2D eigenvalue weighted by atomic mass is 28.2. The van der Waals surface area contributed by atoms with Crippen LogP contribution in [0.2, 0.25) is 12.1 Å². The molecule has 0 atom stereocenters. The van der Waals surface area contributed by atoms with Gasteiger partial charge in [-0.2, -0.15) is 0 Å². The van der Waals surface area contributed by atoms with E-state index in [9.17, 15) is 13.2 Å². The van der Waals surface area contributed by atoms with Gasteiger partial charge in [-0.1, -0.05) is 44.7 Å². The molecule has 0 heterocycles. The van der Waals surface area contributed by atoms with E-state index in [0.29, 0.717) is 23.3 Å². The zero-order valence-corrected chi connectivity index (χ0v) is 17.7. The van der Waals surface area contributed by atoms with Crippen molar-refractivity contribution in [2.45, 2.75) is 83.2 Å². The highest BCUT2D eigenvalue weighted by Gasteiger charge is 2.39. The lowest BCUT2D eigenvalue weighted by Gasteiger charge is -2.46. The Morgan fingerprint density at radius 2 is 1.54 bits per heavy atom. The molecule has 0 radical (unpaired) electrons. The van der Waals surface area contributed by atoms with Crippen molar-refractivity contribution in [1.82, 2.24) is 0 Å². The van der Waals surface area contributed by atoms with Gasteiger partial charge in [0, 0.05) is 9.52 Å². The number of hydrogen-bond acceptors (Lipinski definition) is 0. The first-order chi connectivity index (χ1) is 12.4. The van der Waals surface area contributed by atoms with Gasteiger partial charge in [-0.05, 0) is 73.5 Å². The molecule has 2 aliphatic rings. The van der Waals surface area contributed by atoms with E-state index in [0.717, 1.165) is 30.0 Å². The Hall–Kier alpha value is -0.773. The van der Waals surface area contributed by atoms with Crippen LogP contribution in [0.1, 0.15) is 70.3 Å². The highest BCUT2D eigenvalue weighted by Crippen LogP contribution is 2.51. The van der Waals surface area contributed by atoms with Gasteiger partial charge in [0.25, 0.3) is 0 Å². The molecule has 1 aromatic rings. The van der Waals surface area contributed by atoms with Crippen LogP contribution >= 0.6 is 0 Å². The molecule has 0 spiro atoms. The molecule has 4 heteroatoms. The third-order valence-electron chi connectivity index (χ3n) is 7.54. The van der Waals surface area contributed by atoms with Crippen LogP contribution in [-0.4, -0.2) is 9.52 Å². The SMILES string of the molecule is C[SiH2][C@H]1CC[C@](C)(C2CCC(CCc3cc(F)c(F)c(F)c3)CC2)CC1. The normalized spacial score (nSPS) is 33.0. The number of hydrogen-bond donors (Lipinski definition) is 0. The summed E-state index contributed by atoms with van der Waals surface area (Å²) in [7, 11) is 0.165. The van der Waals surface area contributed by atoms with Crippen LogP contribution in [0.3, 0.4) is 0 Å². The summed E-state index contributed by atoms with van der Waals surface area (Å²) >= 11 is 0. The maximum Gasteiger partial charge on any atom is 0.194 e. The molecule has 0 nitrogen and oxygen atoms in total. The summed E-state index contributed by atoms with van der Waals surface area (Å²) < 4.78 is 39.8. The third-order valence-corrected chi connectivity index (χ3v) is 9.51. The molecule has 2 aliphatic carbocycles. The molecule has 0 unspecified atom stereocenters. The molecule has 2 saturated carbocycles. The molecule has 0 bridgehead atoms. The Morgan fingerprint density at radius 1 is 0.962 bits per heavy atom. The standard InChI is InChI=1S/C22H33F3Si/c1-22(11-9-18(26-2)10-12-22)17-7-5-15(6-8-17)3-4-16-13-19(23)21(25)20(24)14-16/h13-15,17-18H,3-12,26H2,1-2H3/t15?,17?,18-,22-. The monoisotopic (exact) mass is 382 g/mol. The number of benzene rings is 1. The average Bonchev–Trinajstić information content (AvgIpc) is 2.65. The molecular formula is C22H33F3Si. The van der Waals surface area contributed by atoms with E-state index in [-0.39, 0.29) is 9.52 Å². The number of rotatable bonds is 5. The second kappa shape index (κ2) is 8.49. The summed E-state index contributed by atoms with van der Waals surface area (Å²) in [5, 5.41) is 0. The maximum atomic E-state index is 13.3. The van der Waals surface area contributed by atoms with Crippen LogP contribution in [0.4, 0.5) is 13.2 Å². The van der Waals surface area contributed by atoms with E-state index in [2.05, 4.69) is 13.5 Å². The second-order valence-electron chi connectivity index (χ2n) is 9.14. The molecule has 146 valence electrons. The molecule has 0 aliphatic heterocycles. The molecule has 0 N–H and O–H groups in total. The van der Waals surface area contributed by atoms with Crippen molar-refractivity contribution in [3.05, 3.63) is 35.1 Å². The maximum absolute atomic E-state index is 13.3. The fourth-order valence-electron chi connectivity index (χ4n) is 5.42. The van der Waals surface area contributed by atoms with Gasteiger partial charge < -0.3 is 0 Å². The van der Waals surface area contributed by atoms with Crippen molar-refractivity contribution in [1.29, 1.82) is 0 Å². The van der Waals surface area contributed by atoms with Crippen molar-refractivity contribution in [3.8, 4) is 0 Å². The topological polar surface area (TPSA) is 0 Å². The van der Waals surface area contributed by atoms with Crippen LogP contribution < -0.4 is 0 Å². The van der Waals surface area contributed by atoms with Crippen LogP contribution in [0.15, 0.2) is 12.1 Å².